The first kappa shape index (κ1) is 15.4. The average Bonchev–Trinajstić information content (AvgIpc) is 2.91. The van der Waals surface area contributed by atoms with Crippen LogP contribution in [-0.4, -0.2) is 25.8 Å². The normalized spacial score (nSPS) is 11.1. The molecule has 0 spiro atoms. The summed E-state index contributed by atoms with van der Waals surface area (Å²) in [7, 11) is 0. The van der Waals surface area contributed by atoms with Gasteiger partial charge in [-0.3, -0.25) is 4.98 Å². The lowest BCUT2D eigenvalue weighted by Gasteiger charge is -2.13. The van der Waals surface area contributed by atoms with Gasteiger partial charge < -0.3 is 10.1 Å². The van der Waals surface area contributed by atoms with Crippen LogP contribution < -0.4 is 10.1 Å². The largest absolute Gasteiger partial charge is 0.484 e. The first-order valence-corrected chi connectivity index (χ1v) is 7.29. The molecular formula is C15H23N5O. The Bertz CT molecular complexity index is 579. The molecule has 0 aliphatic rings. The number of ether oxygens (including phenoxy) is 1. The van der Waals surface area contributed by atoms with E-state index in [2.05, 4.69) is 34.2 Å². The quantitative estimate of drug-likeness (QED) is 0.845. The summed E-state index contributed by atoms with van der Waals surface area (Å²) in [6.07, 6.45) is 1.55. The van der Waals surface area contributed by atoms with E-state index in [9.17, 15) is 0 Å². The van der Waals surface area contributed by atoms with E-state index in [0.29, 0.717) is 19.2 Å². The Morgan fingerprint density at radius 2 is 2.14 bits per heavy atom. The summed E-state index contributed by atoms with van der Waals surface area (Å²) >= 11 is 0. The molecule has 0 bridgehead atoms. The summed E-state index contributed by atoms with van der Waals surface area (Å²) in [4.78, 5) is 8.77. The van der Waals surface area contributed by atoms with Crippen LogP contribution in [0, 0.1) is 6.92 Å². The Morgan fingerprint density at radius 1 is 1.33 bits per heavy atom. The van der Waals surface area contributed by atoms with Gasteiger partial charge >= 0.3 is 0 Å². The van der Waals surface area contributed by atoms with Crippen molar-refractivity contribution in [2.24, 2.45) is 0 Å². The van der Waals surface area contributed by atoms with Crippen molar-refractivity contribution in [3.05, 3.63) is 35.7 Å². The molecule has 1 N–H and O–H groups in total. The fourth-order valence-corrected chi connectivity index (χ4v) is 1.96. The Labute approximate surface area is 125 Å². The van der Waals surface area contributed by atoms with Gasteiger partial charge in [0.25, 0.3) is 0 Å². The zero-order chi connectivity index (χ0) is 15.2. The molecule has 0 radical (unpaired) electrons. The molecule has 0 aliphatic heterocycles. The minimum absolute atomic E-state index is 0.396. The second-order valence-corrected chi connectivity index (χ2v) is 5.21. The SMILES string of the molecule is CCn1ncnc1COc1ccc(C)nc1CNC(C)C. The van der Waals surface area contributed by atoms with Crippen molar-refractivity contribution < 1.29 is 4.74 Å². The average molecular weight is 289 g/mol. The number of hydrogen-bond donors (Lipinski definition) is 1. The number of rotatable bonds is 7. The van der Waals surface area contributed by atoms with Crippen LogP contribution >= 0.6 is 0 Å². The second-order valence-electron chi connectivity index (χ2n) is 5.21. The minimum atomic E-state index is 0.396. The first-order valence-electron chi connectivity index (χ1n) is 7.29. The number of aromatic nitrogens is 4. The number of hydrogen-bond acceptors (Lipinski definition) is 5. The topological polar surface area (TPSA) is 64.9 Å². The third-order valence-corrected chi connectivity index (χ3v) is 3.10. The van der Waals surface area contributed by atoms with Gasteiger partial charge in [0.05, 0.1) is 5.69 Å². The molecular weight excluding hydrogens is 266 g/mol. The van der Waals surface area contributed by atoms with Crippen LogP contribution in [0.3, 0.4) is 0 Å². The van der Waals surface area contributed by atoms with E-state index >= 15 is 0 Å². The van der Waals surface area contributed by atoms with Gasteiger partial charge in [0, 0.05) is 24.8 Å². The van der Waals surface area contributed by atoms with Crippen LogP contribution in [-0.2, 0) is 19.7 Å². The number of aryl methyl sites for hydroxylation is 2. The first-order chi connectivity index (χ1) is 10.1. The van der Waals surface area contributed by atoms with Crippen LogP contribution in [0.15, 0.2) is 18.5 Å². The van der Waals surface area contributed by atoms with Crippen molar-refractivity contribution in [1.29, 1.82) is 0 Å². The summed E-state index contributed by atoms with van der Waals surface area (Å²) in [5, 5.41) is 7.51. The highest BCUT2D eigenvalue weighted by Gasteiger charge is 2.09. The summed E-state index contributed by atoms with van der Waals surface area (Å²) in [5.74, 6) is 1.61. The molecule has 6 heteroatoms. The molecule has 21 heavy (non-hydrogen) atoms. The molecule has 0 saturated heterocycles. The van der Waals surface area contributed by atoms with Crippen LogP contribution in [0.1, 0.15) is 38.0 Å². The van der Waals surface area contributed by atoms with Crippen LogP contribution in [0.25, 0.3) is 0 Å². The number of nitrogens with zero attached hydrogens (tertiary/aromatic N) is 4. The lowest BCUT2D eigenvalue weighted by molar-refractivity contribution is 0.281. The second kappa shape index (κ2) is 7.17. The Balaban J connectivity index is 2.08. The van der Waals surface area contributed by atoms with Gasteiger partial charge in [-0.1, -0.05) is 13.8 Å². The molecule has 0 fully saturated rings. The van der Waals surface area contributed by atoms with Crippen LogP contribution in [0.5, 0.6) is 5.75 Å². The van der Waals surface area contributed by atoms with Crippen molar-refractivity contribution in [3.63, 3.8) is 0 Å². The maximum absolute atomic E-state index is 5.89. The van der Waals surface area contributed by atoms with Gasteiger partial charge in [-0.2, -0.15) is 5.10 Å². The molecule has 0 atom stereocenters. The maximum atomic E-state index is 5.89. The third kappa shape index (κ3) is 4.26. The van der Waals surface area contributed by atoms with Crippen LogP contribution in [0.2, 0.25) is 0 Å². The standard InChI is InChI=1S/C15H23N5O/c1-5-20-15(17-10-18-20)9-21-14-7-6-12(4)19-13(14)8-16-11(2)3/h6-7,10-11,16H,5,8-9H2,1-4H3. The zero-order valence-electron chi connectivity index (χ0n) is 13.1. The van der Waals surface area contributed by atoms with Gasteiger partial charge in [0.15, 0.2) is 5.82 Å². The summed E-state index contributed by atoms with van der Waals surface area (Å²) < 4.78 is 7.71. The molecule has 2 aromatic heterocycles. The molecule has 0 aromatic carbocycles. The van der Waals surface area contributed by atoms with Gasteiger partial charge in [0.1, 0.15) is 18.7 Å². The molecule has 2 heterocycles. The van der Waals surface area contributed by atoms with Crippen molar-refractivity contribution in [2.45, 2.75) is 53.4 Å². The van der Waals surface area contributed by atoms with E-state index in [1.165, 1.54) is 0 Å². The molecule has 0 saturated carbocycles. The van der Waals surface area contributed by atoms with Gasteiger partial charge in [-0.05, 0) is 26.0 Å². The summed E-state index contributed by atoms with van der Waals surface area (Å²) in [5.41, 5.74) is 1.91. The minimum Gasteiger partial charge on any atom is -0.484 e. The number of pyridine rings is 1. The van der Waals surface area contributed by atoms with E-state index in [4.69, 9.17) is 4.74 Å². The smallest absolute Gasteiger partial charge is 0.164 e. The fourth-order valence-electron chi connectivity index (χ4n) is 1.96. The molecule has 2 aromatic rings. The highest BCUT2D eigenvalue weighted by molar-refractivity contribution is 5.29. The van der Waals surface area contributed by atoms with Gasteiger partial charge in [-0.15, -0.1) is 0 Å². The highest BCUT2D eigenvalue weighted by Crippen LogP contribution is 2.18. The zero-order valence-corrected chi connectivity index (χ0v) is 13.1. The lowest BCUT2D eigenvalue weighted by atomic mass is 10.2. The van der Waals surface area contributed by atoms with Crippen LogP contribution in [0.4, 0.5) is 0 Å². The molecule has 0 aliphatic carbocycles. The van der Waals surface area contributed by atoms with Gasteiger partial charge in [-0.25, -0.2) is 9.67 Å². The maximum Gasteiger partial charge on any atom is 0.164 e. The molecule has 0 unspecified atom stereocenters. The van der Waals surface area contributed by atoms with Crippen molar-refractivity contribution in [3.8, 4) is 5.75 Å². The molecule has 0 amide bonds. The van der Waals surface area contributed by atoms with E-state index in [1.54, 1.807) is 6.33 Å². The summed E-state index contributed by atoms with van der Waals surface area (Å²) in [6, 6.07) is 4.33. The fraction of sp³-hybridized carbons (Fsp3) is 0.533. The van der Waals surface area contributed by atoms with E-state index < -0.39 is 0 Å². The monoisotopic (exact) mass is 289 g/mol. The van der Waals surface area contributed by atoms with Crippen molar-refractivity contribution in [1.82, 2.24) is 25.1 Å². The molecule has 114 valence electrons. The summed E-state index contributed by atoms with van der Waals surface area (Å²) in [6.45, 7) is 10.1. The van der Waals surface area contributed by atoms with Crippen molar-refractivity contribution in [2.75, 3.05) is 0 Å². The Kier molecular flexibility index (Phi) is 5.27. The predicted octanol–water partition coefficient (Wildman–Crippen LogP) is 2.08. The highest BCUT2D eigenvalue weighted by atomic mass is 16.5. The predicted molar refractivity (Wildman–Crippen MR) is 81.0 cm³/mol. The Morgan fingerprint density at radius 3 is 2.86 bits per heavy atom. The third-order valence-electron chi connectivity index (χ3n) is 3.10. The lowest BCUT2D eigenvalue weighted by Crippen LogP contribution is -2.23. The Hall–Kier alpha value is -1.95. The van der Waals surface area contributed by atoms with Crippen molar-refractivity contribution >= 4 is 0 Å². The number of nitrogens with one attached hydrogen (secondary N) is 1. The van der Waals surface area contributed by atoms with E-state index in [0.717, 1.165) is 29.5 Å². The van der Waals surface area contributed by atoms with E-state index in [-0.39, 0.29) is 0 Å². The van der Waals surface area contributed by atoms with E-state index in [1.807, 2.05) is 30.7 Å². The molecule has 6 nitrogen and oxygen atoms in total. The van der Waals surface area contributed by atoms with Gasteiger partial charge in [0.2, 0.25) is 0 Å². The molecule has 2 rings (SSSR count).